The fraction of sp³-hybridized carbons (Fsp3) is 0.367. The van der Waals surface area contributed by atoms with Crippen LogP contribution in [0.4, 0.5) is 4.79 Å². The van der Waals surface area contributed by atoms with Gasteiger partial charge in [-0.1, -0.05) is 55.0 Å². The van der Waals surface area contributed by atoms with Crippen LogP contribution in [0.1, 0.15) is 41.9 Å². The number of amides is 1. The maximum Gasteiger partial charge on any atom is 0.409 e. The number of carboxylic acids is 1. The van der Waals surface area contributed by atoms with E-state index in [9.17, 15) is 14.7 Å². The van der Waals surface area contributed by atoms with Crippen LogP contribution in [-0.2, 0) is 19.9 Å². The van der Waals surface area contributed by atoms with Crippen molar-refractivity contribution >= 4 is 28.0 Å². The molecule has 0 spiro atoms. The Balaban J connectivity index is 1.23. The van der Waals surface area contributed by atoms with E-state index in [1.165, 1.54) is 22.3 Å². The lowest BCUT2D eigenvalue weighted by molar-refractivity contribution is -0.192. The zero-order valence-corrected chi connectivity index (χ0v) is 22.5. The molecule has 8 heteroatoms. The Morgan fingerprint density at radius 3 is 2.24 bits per heavy atom. The van der Waals surface area contributed by atoms with E-state index in [1.54, 1.807) is 17.3 Å². The number of likely N-dealkylation sites (tertiary alicyclic amines) is 1. The fourth-order valence-electron chi connectivity index (χ4n) is 6.89. The molecule has 38 heavy (non-hydrogen) atoms. The molecule has 6 rings (SSSR count). The molecule has 3 aliphatic rings. The van der Waals surface area contributed by atoms with Gasteiger partial charge in [-0.05, 0) is 57.1 Å². The van der Waals surface area contributed by atoms with E-state index in [4.69, 9.17) is 9.47 Å². The Labute approximate surface area is 229 Å². The predicted octanol–water partition coefficient (Wildman–Crippen LogP) is 5.82. The molecule has 2 fully saturated rings. The van der Waals surface area contributed by atoms with Gasteiger partial charge in [0.1, 0.15) is 18.8 Å². The van der Waals surface area contributed by atoms with Crippen molar-refractivity contribution in [2.75, 3.05) is 26.3 Å². The van der Waals surface area contributed by atoms with Gasteiger partial charge < -0.3 is 19.5 Å². The summed E-state index contributed by atoms with van der Waals surface area (Å²) in [6.45, 7) is 0.769. The number of carbonyl (C=O) groups excluding carboxylic acids is 1. The summed E-state index contributed by atoms with van der Waals surface area (Å²) in [5, 5.41) is 9.46. The zero-order valence-electron chi connectivity index (χ0n) is 20.9. The van der Waals surface area contributed by atoms with Crippen molar-refractivity contribution in [3.8, 4) is 11.1 Å². The number of benzene rings is 2. The Kier molecular flexibility index (Phi) is 6.70. The molecule has 3 aromatic rings. The van der Waals surface area contributed by atoms with Crippen LogP contribution in [-0.4, -0.2) is 53.4 Å². The predicted molar refractivity (Wildman–Crippen MR) is 145 cm³/mol. The summed E-state index contributed by atoms with van der Waals surface area (Å²) in [7, 11) is 0. The summed E-state index contributed by atoms with van der Waals surface area (Å²) in [5.41, 5.74) is 4.84. The molecule has 1 saturated heterocycles. The standard InChI is InChI=1S/C30H29BrN2O5/c31-27-14-32-13-12-26(27)30(38-18-28(34)35)19-6-5-7-20(30)16-33(15-19)29(36)37-17-25-23-10-3-1-8-21(23)22-9-2-4-11-24(22)25/h1-4,8-14,19-20,25H,5-7,15-18H2,(H,34,35). The number of carbonyl (C=O) groups is 2. The van der Waals surface area contributed by atoms with Crippen LogP contribution >= 0.6 is 15.9 Å². The van der Waals surface area contributed by atoms with E-state index < -0.39 is 18.2 Å². The average Bonchev–Trinajstić information content (AvgIpc) is 3.24. The van der Waals surface area contributed by atoms with Crippen molar-refractivity contribution in [1.82, 2.24) is 9.88 Å². The van der Waals surface area contributed by atoms with Crippen LogP contribution in [0, 0.1) is 11.8 Å². The number of hydrogen-bond donors (Lipinski definition) is 1. The third-order valence-electron chi connectivity index (χ3n) is 8.42. The van der Waals surface area contributed by atoms with Gasteiger partial charge in [-0.2, -0.15) is 0 Å². The molecule has 196 valence electrons. The summed E-state index contributed by atoms with van der Waals surface area (Å²) < 4.78 is 13.0. The molecule has 1 aliphatic heterocycles. The quantitative estimate of drug-likeness (QED) is 0.397. The van der Waals surface area contributed by atoms with Crippen LogP contribution in [0.25, 0.3) is 11.1 Å². The number of halogens is 1. The van der Waals surface area contributed by atoms with Gasteiger partial charge in [0.25, 0.3) is 0 Å². The van der Waals surface area contributed by atoms with E-state index in [1.807, 2.05) is 30.3 Å². The molecule has 2 aromatic carbocycles. The number of nitrogens with zero attached hydrogens (tertiary/aromatic N) is 2. The average molecular weight is 577 g/mol. The molecule has 2 atom stereocenters. The third kappa shape index (κ3) is 4.20. The first-order valence-electron chi connectivity index (χ1n) is 13.0. The molecule has 1 N–H and O–H groups in total. The van der Waals surface area contributed by atoms with Gasteiger partial charge in [0.05, 0.1) is 0 Å². The van der Waals surface area contributed by atoms with Crippen LogP contribution in [0.3, 0.4) is 0 Å². The normalized spacial score (nSPS) is 24.0. The van der Waals surface area contributed by atoms with Crippen LogP contribution in [0.15, 0.2) is 71.5 Å². The van der Waals surface area contributed by atoms with Gasteiger partial charge in [0, 0.05) is 53.3 Å². The maximum absolute atomic E-state index is 13.4. The highest BCUT2D eigenvalue weighted by Crippen LogP contribution is 2.53. The van der Waals surface area contributed by atoms with Gasteiger partial charge in [-0.15, -0.1) is 0 Å². The topological polar surface area (TPSA) is 89.0 Å². The smallest absolute Gasteiger partial charge is 0.409 e. The maximum atomic E-state index is 13.4. The molecular weight excluding hydrogens is 548 g/mol. The molecule has 2 bridgehead atoms. The third-order valence-corrected chi connectivity index (χ3v) is 9.05. The lowest BCUT2D eigenvalue weighted by Crippen LogP contribution is -2.61. The van der Waals surface area contributed by atoms with Crippen molar-refractivity contribution in [2.24, 2.45) is 11.8 Å². The molecule has 1 saturated carbocycles. The Hall–Kier alpha value is -3.23. The second-order valence-electron chi connectivity index (χ2n) is 10.4. The van der Waals surface area contributed by atoms with Gasteiger partial charge in [-0.25, -0.2) is 9.59 Å². The largest absolute Gasteiger partial charge is 0.480 e. The SMILES string of the molecule is O=C(O)COC1(c2ccncc2Br)C2CCCC1CN(C(=O)OCC1c3ccccc3-c3ccccc31)C2. The van der Waals surface area contributed by atoms with Crippen molar-refractivity contribution in [3.63, 3.8) is 0 Å². The second-order valence-corrected chi connectivity index (χ2v) is 11.2. The molecule has 1 aromatic heterocycles. The van der Waals surface area contributed by atoms with Gasteiger partial charge in [0.2, 0.25) is 0 Å². The number of fused-ring (bicyclic) bond motifs is 5. The number of piperidine rings is 1. The summed E-state index contributed by atoms with van der Waals surface area (Å²) >= 11 is 3.62. The summed E-state index contributed by atoms with van der Waals surface area (Å²) in [6, 6.07) is 18.5. The number of hydrogen-bond acceptors (Lipinski definition) is 5. The summed E-state index contributed by atoms with van der Waals surface area (Å²) in [4.78, 5) is 31.0. The second kappa shape index (κ2) is 10.2. The Morgan fingerprint density at radius 1 is 1.00 bits per heavy atom. The Morgan fingerprint density at radius 2 is 1.63 bits per heavy atom. The zero-order chi connectivity index (χ0) is 26.3. The molecule has 7 nitrogen and oxygen atoms in total. The number of pyridine rings is 1. The minimum atomic E-state index is -1.01. The molecule has 1 amide bonds. The van der Waals surface area contributed by atoms with E-state index in [-0.39, 0.29) is 30.5 Å². The minimum absolute atomic E-state index is 0.00130. The minimum Gasteiger partial charge on any atom is -0.480 e. The van der Waals surface area contributed by atoms with Crippen molar-refractivity contribution in [3.05, 3.63) is 88.2 Å². The number of carboxylic acid groups (broad SMARTS) is 1. The van der Waals surface area contributed by atoms with E-state index in [0.29, 0.717) is 13.1 Å². The van der Waals surface area contributed by atoms with Gasteiger partial charge in [0.15, 0.2) is 0 Å². The summed E-state index contributed by atoms with van der Waals surface area (Å²) in [6.07, 6.45) is 5.77. The first kappa shape index (κ1) is 25.1. The number of aromatic nitrogens is 1. The first-order chi connectivity index (χ1) is 18.5. The molecule has 2 unspecified atom stereocenters. The number of ether oxygens (including phenoxy) is 2. The van der Waals surface area contributed by atoms with Crippen molar-refractivity contribution in [2.45, 2.75) is 30.8 Å². The monoisotopic (exact) mass is 576 g/mol. The van der Waals surface area contributed by atoms with Gasteiger partial charge >= 0.3 is 12.1 Å². The lowest BCUT2D eigenvalue weighted by Gasteiger charge is -2.55. The highest BCUT2D eigenvalue weighted by Gasteiger charge is 2.55. The molecule has 0 radical (unpaired) electrons. The van der Waals surface area contributed by atoms with Crippen LogP contribution in [0.2, 0.25) is 0 Å². The molecule has 2 aliphatic carbocycles. The van der Waals surface area contributed by atoms with E-state index >= 15 is 0 Å². The van der Waals surface area contributed by atoms with Crippen LogP contribution in [0.5, 0.6) is 0 Å². The first-order valence-corrected chi connectivity index (χ1v) is 13.8. The summed E-state index contributed by atoms with van der Waals surface area (Å²) in [5.74, 6) is -1.13. The van der Waals surface area contributed by atoms with Crippen molar-refractivity contribution in [1.29, 1.82) is 0 Å². The highest BCUT2D eigenvalue weighted by atomic mass is 79.9. The fourth-order valence-corrected chi connectivity index (χ4v) is 7.45. The molecular formula is C30H29BrN2O5. The lowest BCUT2D eigenvalue weighted by atomic mass is 9.62. The van der Waals surface area contributed by atoms with Crippen molar-refractivity contribution < 1.29 is 24.2 Å². The van der Waals surface area contributed by atoms with E-state index in [2.05, 4.69) is 45.2 Å². The number of aliphatic carboxylic acids is 1. The number of rotatable bonds is 6. The highest BCUT2D eigenvalue weighted by molar-refractivity contribution is 9.10. The molecule has 2 heterocycles. The van der Waals surface area contributed by atoms with Gasteiger partial charge in [-0.3, -0.25) is 4.98 Å². The Bertz CT molecular complexity index is 1320. The van der Waals surface area contributed by atoms with Crippen LogP contribution < -0.4 is 0 Å². The van der Waals surface area contributed by atoms with E-state index in [0.717, 1.165) is 29.3 Å².